The van der Waals surface area contributed by atoms with E-state index in [-0.39, 0.29) is 28.1 Å². The van der Waals surface area contributed by atoms with Crippen LogP contribution in [0.25, 0.3) is 0 Å². The van der Waals surface area contributed by atoms with Gasteiger partial charge in [0.05, 0.1) is 4.47 Å². The summed E-state index contributed by atoms with van der Waals surface area (Å²) in [4.78, 5) is 0. The van der Waals surface area contributed by atoms with Crippen molar-refractivity contribution in [3.63, 3.8) is 0 Å². The number of benzene rings is 1. The number of phenolic OH excluding ortho intramolecular Hbond substituents is 2. The molecule has 0 atom stereocenters. The number of hydrogen-bond donors (Lipinski definition) is 3. The lowest BCUT2D eigenvalue weighted by Crippen LogP contribution is -2.38. The smallest absolute Gasteiger partial charge is 0.164 e. The molecule has 5 heteroatoms. The lowest BCUT2D eigenvalue weighted by Gasteiger charge is -2.37. The molecule has 0 aliphatic heterocycles. The lowest BCUT2D eigenvalue weighted by molar-refractivity contribution is 0.276. The van der Waals surface area contributed by atoms with Crippen molar-refractivity contribution >= 4 is 15.9 Å². The average molecular weight is 318 g/mol. The quantitative estimate of drug-likeness (QED) is 0.734. The molecule has 1 aromatic carbocycles. The molecule has 0 radical (unpaired) electrons. The number of hydrogen-bond acceptors (Lipinski definition) is 3. The van der Waals surface area contributed by atoms with Gasteiger partial charge in [0, 0.05) is 23.6 Å². The van der Waals surface area contributed by atoms with E-state index in [2.05, 4.69) is 15.9 Å². The van der Waals surface area contributed by atoms with E-state index in [1.807, 2.05) is 0 Å². The van der Waals surface area contributed by atoms with Gasteiger partial charge in [0.25, 0.3) is 0 Å². The lowest BCUT2D eigenvalue weighted by atomic mass is 9.69. The number of phenols is 2. The highest BCUT2D eigenvalue weighted by Gasteiger charge is 2.38. The van der Waals surface area contributed by atoms with Crippen LogP contribution in [-0.4, -0.2) is 16.8 Å². The maximum absolute atomic E-state index is 14.3. The Labute approximate surface area is 114 Å². The van der Waals surface area contributed by atoms with E-state index in [4.69, 9.17) is 5.73 Å². The van der Waals surface area contributed by atoms with Gasteiger partial charge in [-0.15, -0.1) is 0 Å². The Kier molecular flexibility index (Phi) is 3.82. The number of halogens is 2. The van der Waals surface area contributed by atoms with Gasteiger partial charge in [0.1, 0.15) is 5.82 Å². The Bertz CT molecular complexity index is 433. The molecule has 0 unspecified atom stereocenters. The second-order valence-electron chi connectivity index (χ2n) is 4.96. The molecule has 1 saturated carbocycles. The molecule has 1 aliphatic rings. The monoisotopic (exact) mass is 317 g/mol. The molecule has 1 aromatic rings. The Morgan fingerprint density at radius 2 is 1.89 bits per heavy atom. The third-order valence-electron chi connectivity index (χ3n) is 3.90. The van der Waals surface area contributed by atoms with Gasteiger partial charge in [0.15, 0.2) is 11.5 Å². The number of aromatic hydroxyl groups is 2. The fourth-order valence-corrected chi connectivity index (χ4v) is 3.29. The minimum Gasteiger partial charge on any atom is -0.504 e. The van der Waals surface area contributed by atoms with Crippen LogP contribution in [0.5, 0.6) is 11.5 Å². The Balaban J connectivity index is 2.61. The van der Waals surface area contributed by atoms with E-state index in [0.717, 1.165) is 32.1 Å². The predicted octanol–water partition coefficient (Wildman–Crippen LogP) is 3.16. The molecule has 0 spiro atoms. The Morgan fingerprint density at radius 3 is 2.44 bits per heavy atom. The Hall–Kier alpha value is -0.810. The van der Waals surface area contributed by atoms with Gasteiger partial charge in [0.2, 0.25) is 0 Å². The predicted molar refractivity (Wildman–Crippen MR) is 71.2 cm³/mol. The zero-order chi connectivity index (χ0) is 13.3. The summed E-state index contributed by atoms with van der Waals surface area (Å²) in [5.41, 5.74) is 5.44. The highest BCUT2D eigenvalue weighted by atomic mass is 79.9. The molecule has 1 aliphatic carbocycles. The Morgan fingerprint density at radius 1 is 1.28 bits per heavy atom. The van der Waals surface area contributed by atoms with Crippen LogP contribution in [0.3, 0.4) is 0 Å². The van der Waals surface area contributed by atoms with Crippen molar-refractivity contribution in [3.05, 3.63) is 21.9 Å². The molecular formula is C13H17BrFNO2. The maximum Gasteiger partial charge on any atom is 0.164 e. The molecular weight excluding hydrogens is 301 g/mol. The molecule has 0 aromatic heterocycles. The van der Waals surface area contributed by atoms with Gasteiger partial charge in [-0.3, -0.25) is 0 Å². The first kappa shape index (κ1) is 13.6. The molecule has 3 nitrogen and oxygen atoms in total. The van der Waals surface area contributed by atoms with Crippen LogP contribution in [0.2, 0.25) is 0 Å². The van der Waals surface area contributed by atoms with Gasteiger partial charge in [-0.05, 0) is 28.8 Å². The second kappa shape index (κ2) is 5.05. The molecule has 100 valence electrons. The summed E-state index contributed by atoms with van der Waals surface area (Å²) >= 11 is 3.06. The van der Waals surface area contributed by atoms with Gasteiger partial charge in [-0.2, -0.15) is 0 Å². The van der Waals surface area contributed by atoms with Crippen molar-refractivity contribution in [2.45, 2.75) is 37.5 Å². The van der Waals surface area contributed by atoms with Crippen molar-refractivity contribution < 1.29 is 14.6 Å². The first-order valence-corrected chi connectivity index (χ1v) is 6.91. The van der Waals surface area contributed by atoms with Crippen LogP contribution in [0.1, 0.15) is 37.7 Å². The van der Waals surface area contributed by atoms with Crippen molar-refractivity contribution in [2.24, 2.45) is 5.73 Å². The maximum atomic E-state index is 14.3. The van der Waals surface area contributed by atoms with E-state index >= 15 is 0 Å². The van der Waals surface area contributed by atoms with Crippen molar-refractivity contribution in [1.29, 1.82) is 0 Å². The van der Waals surface area contributed by atoms with Crippen LogP contribution >= 0.6 is 15.9 Å². The molecule has 0 heterocycles. The van der Waals surface area contributed by atoms with Crippen LogP contribution in [0, 0.1) is 5.82 Å². The first-order valence-electron chi connectivity index (χ1n) is 6.12. The highest BCUT2D eigenvalue weighted by Crippen LogP contribution is 2.48. The minimum absolute atomic E-state index is 0.159. The molecule has 4 N–H and O–H groups in total. The normalized spacial score (nSPS) is 18.8. The van der Waals surface area contributed by atoms with E-state index in [1.165, 1.54) is 6.07 Å². The molecule has 1 fully saturated rings. The third-order valence-corrected chi connectivity index (χ3v) is 4.48. The van der Waals surface area contributed by atoms with E-state index in [9.17, 15) is 14.6 Å². The van der Waals surface area contributed by atoms with E-state index in [0.29, 0.717) is 0 Å². The number of nitrogens with two attached hydrogens (primary N) is 1. The average Bonchev–Trinajstić information content (AvgIpc) is 2.38. The molecule has 0 saturated heterocycles. The standard InChI is InChI=1S/C13H17BrFNO2/c14-8-6-9(17)12(18)10(11(8)15)13(7-16)4-2-1-3-5-13/h6,17-18H,1-5,7,16H2. The van der Waals surface area contributed by atoms with Crippen LogP contribution < -0.4 is 5.73 Å². The van der Waals surface area contributed by atoms with Gasteiger partial charge in [-0.1, -0.05) is 19.3 Å². The summed E-state index contributed by atoms with van der Waals surface area (Å²) in [6.07, 6.45) is 4.50. The zero-order valence-corrected chi connectivity index (χ0v) is 11.6. The van der Waals surface area contributed by atoms with Crippen molar-refractivity contribution in [3.8, 4) is 11.5 Å². The number of rotatable bonds is 2. The molecule has 2 rings (SSSR count). The van der Waals surface area contributed by atoms with Crippen molar-refractivity contribution in [2.75, 3.05) is 6.54 Å². The zero-order valence-electron chi connectivity index (χ0n) is 10.0. The van der Waals surface area contributed by atoms with Crippen LogP contribution in [0.15, 0.2) is 10.5 Å². The second-order valence-corrected chi connectivity index (χ2v) is 5.81. The fraction of sp³-hybridized carbons (Fsp3) is 0.538. The summed E-state index contributed by atoms with van der Waals surface area (Å²) in [6.45, 7) is 0.271. The van der Waals surface area contributed by atoms with Gasteiger partial charge in [-0.25, -0.2) is 4.39 Å². The van der Waals surface area contributed by atoms with Crippen LogP contribution in [-0.2, 0) is 5.41 Å². The third kappa shape index (κ3) is 2.10. The summed E-state index contributed by atoms with van der Waals surface area (Å²) < 4.78 is 14.4. The van der Waals surface area contributed by atoms with Crippen LogP contribution in [0.4, 0.5) is 4.39 Å². The molecule has 0 bridgehead atoms. The minimum atomic E-state index is -0.562. The summed E-state index contributed by atoms with van der Waals surface area (Å²) in [5, 5.41) is 19.6. The van der Waals surface area contributed by atoms with E-state index in [1.54, 1.807) is 0 Å². The van der Waals surface area contributed by atoms with Crippen molar-refractivity contribution in [1.82, 2.24) is 0 Å². The highest BCUT2D eigenvalue weighted by molar-refractivity contribution is 9.10. The summed E-state index contributed by atoms with van der Waals surface area (Å²) in [5.74, 6) is -1.20. The SMILES string of the molecule is NCC1(c2c(O)c(O)cc(Br)c2F)CCCCC1. The topological polar surface area (TPSA) is 66.5 Å². The largest absolute Gasteiger partial charge is 0.504 e. The fourth-order valence-electron chi connectivity index (χ4n) is 2.87. The molecule has 18 heavy (non-hydrogen) atoms. The van der Waals surface area contributed by atoms with Gasteiger partial charge >= 0.3 is 0 Å². The first-order chi connectivity index (χ1) is 8.52. The van der Waals surface area contributed by atoms with E-state index < -0.39 is 11.2 Å². The summed E-state index contributed by atoms with van der Waals surface area (Å²) in [6, 6.07) is 1.17. The summed E-state index contributed by atoms with van der Waals surface area (Å²) in [7, 11) is 0. The van der Waals surface area contributed by atoms with Gasteiger partial charge < -0.3 is 15.9 Å². The molecule has 0 amide bonds.